The Morgan fingerprint density at radius 2 is 2.25 bits per heavy atom. The highest BCUT2D eigenvalue weighted by atomic mass is 19.1. The third-order valence-electron chi connectivity index (χ3n) is 2.73. The van der Waals surface area contributed by atoms with Crippen molar-refractivity contribution >= 4 is 11.6 Å². The highest BCUT2D eigenvalue weighted by Gasteiger charge is 2.17. The maximum atomic E-state index is 13.6. The Balaban J connectivity index is 2.27. The lowest BCUT2D eigenvalue weighted by Crippen LogP contribution is -2.20. The summed E-state index contributed by atoms with van der Waals surface area (Å²) in [5, 5.41) is 5.78. The molecule has 0 bridgehead atoms. The van der Waals surface area contributed by atoms with Crippen LogP contribution < -0.4 is 10.6 Å². The first-order valence-electron chi connectivity index (χ1n) is 5.52. The molecule has 1 heterocycles. The summed E-state index contributed by atoms with van der Waals surface area (Å²) in [5.41, 5.74) is 2.31. The zero-order chi connectivity index (χ0) is 11.5. The van der Waals surface area contributed by atoms with Crippen molar-refractivity contribution in [3.63, 3.8) is 0 Å². The maximum Gasteiger partial charge on any atom is 0.224 e. The first-order chi connectivity index (χ1) is 7.70. The number of halogens is 1. The van der Waals surface area contributed by atoms with Crippen molar-refractivity contribution in [2.24, 2.45) is 0 Å². The van der Waals surface area contributed by atoms with Gasteiger partial charge in [-0.3, -0.25) is 4.79 Å². The smallest absolute Gasteiger partial charge is 0.224 e. The van der Waals surface area contributed by atoms with Crippen LogP contribution in [-0.4, -0.2) is 12.5 Å². The molecule has 2 rings (SSSR count). The molecule has 0 aliphatic carbocycles. The van der Waals surface area contributed by atoms with Gasteiger partial charge in [-0.05, 0) is 30.7 Å². The van der Waals surface area contributed by atoms with E-state index in [9.17, 15) is 9.18 Å². The molecule has 1 aliphatic rings. The summed E-state index contributed by atoms with van der Waals surface area (Å²) in [6.07, 6.45) is 1.18. The Hall–Kier alpha value is -1.42. The molecule has 1 aliphatic heterocycles. The van der Waals surface area contributed by atoms with Crippen LogP contribution >= 0.6 is 0 Å². The highest BCUT2D eigenvalue weighted by molar-refractivity contribution is 5.93. The molecule has 86 valence electrons. The first-order valence-corrected chi connectivity index (χ1v) is 5.52. The molecule has 0 unspecified atom stereocenters. The second-order valence-corrected chi connectivity index (χ2v) is 3.93. The van der Waals surface area contributed by atoms with Gasteiger partial charge < -0.3 is 10.6 Å². The number of aryl methyl sites for hydroxylation is 1. The molecule has 1 aromatic rings. The molecule has 0 radical (unpaired) electrons. The van der Waals surface area contributed by atoms with Crippen LogP contribution in [-0.2, 0) is 17.8 Å². The molecule has 1 aromatic carbocycles. The van der Waals surface area contributed by atoms with E-state index in [0.29, 0.717) is 30.6 Å². The summed E-state index contributed by atoms with van der Waals surface area (Å²) in [6, 6.07) is 3.26. The second kappa shape index (κ2) is 4.61. The molecule has 16 heavy (non-hydrogen) atoms. The van der Waals surface area contributed by atoms with E-state index in [2.05, 4.69) is 10.6 Å². The standard InChI is InChI=1S/C12H15FN2O/c1-2-14-7-9-5-8-3-4-12(16)15-11(8)6-10(9)13/h5-6,14H,2-4,7H2,1H3,(H,15,16). The summed E-state index contributed by atoms with van der Waals surface area (Å²) in [6.45, 7) is 3.33. The Kier molecular flexibility index (Phi) is 3.19. The largest absolute Gasteiger partial charge is 0.326 e. The van der Waals surface area contributed by atoms with E-state index in [1.165, 1.54) is 6.07 Å². The monoisotopic (exact) mass is 222 g/mol. The fourth-order valence-corrected chi connectivity index (χ4v) is 1.85. The van der Waals surface area contributed by atoms with Crippen molar-refractivity contribution in [3.8, 4) is 0 Å². The number of hydrogen-bond acceptors (Lipinski definition) is 2. The van der Waals surface area contributed by atoms with Gasteiger partial charge in [-0.25, -0.2) is 4.39 Å². The number of carbonyl (C=O) groups excluding carboxylic acids is 1. The van der Waals surface area contributed by atoms with Gasteiger partial charge in [-0.1, -0.05) is 6.92 Å². The lowest BCUT2D eigenvalue weighted by molar-refractivity contribution is -0.116. The lowest BCUT2D eigenvalue weighted by atomic mass is 10.00. The SMILES string of the molecule is CCNCc1cc2c(cc1F)NC(=O)CC2. The van der Waals surface area contributed by atoms with Crippen molar-refractivity contribution < 1.29 is 9.18 Å². The number of benzene rings is 1. The van der Waals surface area contributed by atoms with Crippen LogP contribution in [0.1, 0.15) is 24.5 Å². The van der Waals surface area contributed by atoms with Gasteiger partial charge in [0.1, 0.15) is 5.82 Å². The van der Waals surface area contributed by atoms with Crippen LogP contribution in [0, 0.1) is 5.82 Å². The minimum absolute atomic E-state index is 0.0358. The zero-order valence-corrected chi connectivity index (χ0v) is 9.27. The normalized spacial score (nSPS) is 14.5. The van der Waals surface area contributed by atoms with Crippen molar-refractivity contribution in [2.45, 2.75) is 26.3 Å². The predicted octanol–water partition coefficient (Wildman–Crippen LogP) is 1.82. The third kappa shape index (κ3) is 2.22. The number of anilines is 1. The Morgan fingerprint density at radius 1 is 1.44 bits per heavy atom. The van der Waals surface area contributed by atoms with Gasteiger partial charge in [-0.15, -0.1) is 0 Å². The molecular formula is C12H15FN2O. The van der Waals surface area contributed by atoms with Gasteiger partial charge in [0.15, 0.2) is 0 Å². The summed E-state index contributed by atoms with van der Waals surface area (Å²) >= 11 is 0. The summed E-state index contributed by atoms with van der Waals surface area (Å²) in [7, 11) is 0. The van der Waals surface area contributed by atoms with E-state index in [4.69, 9.17) is 0 Å². The Labute approximate surface area is 94.0 Å². The van der Waals surface area contributed by atoms with Gasteiger partial charge in [0.05, 0.1) is 0 Å². The topological polar surface area (TPSA) is 41.1 Å². The van der Waals surface area contributed by atoms with Crippen LogP contribution in [0.25, 0.3) is 0 Å². The molecule has 0 saturated heterocycles. The summed E-state index contributed by atoms with van der Waals surface area (Å²) in [5.74, 6) is -0.298. The molecule has 0 saturated carbocycles. The molecule has 2 N–H and O–H groups in total. The third-order valence-corrected chi connectivity index (χ3v) is 2.73. The minimum Gasteiger partial charge on any atom is -0.326 e. The van der Waals surface area contributed by atoms with Crippen LogP contribution in [0.2, 0.25) is 0 Å². The molecule has 0 atom stereocenters. The Morgan fingerprint density at radius 3 is 3.00 bits per heavy atom. The molecular weight excluding hydrogens is 207 g/mol. The molecule has 1 amide bonds. The van der Waals surface area contributed by atoms with E-state index in [1.807, 2.05) is 13.0 Å². The predicted molar refractivity (Wildman–Crippen MR) is 60.7 cm³/mol. The van der Waals surface area contributed by atoms with Crippen LogP contribution in [0.5, 0.6) is 0 Å². The van der Waals surface area contributed by atoms with E-state index >= 15 is 0 Å². The average Bonchev–Trinajstić information content (AvgIpc) is 2.26. The first kappa shape index (κ1) is 11.1. The number of amides is 1. The second-order valence-electron chi connectivity index (χ2n) is 3.93. The van der Waals surface area contributed by atoms with Gasteiger partial charge >= 0.3 is 0 Å². The quantitative estimate of drug-likeness (QED) is 0.819. The number of rotatable bonds is 3. The van der Waals surface area contributed by atoms with Crippen LogP contribution in [0.15, 0.2) is 12.1 Å². The Bertz CT molecular complexity index is 418. The fraction of sp³-hybridized carbons (Fsp3) is 0.417. The van der Waals surface area contributed by atoms with Crippen molar-refractivity contribution in [2.75, 3.05) is 11.9 Å². The van der Waals surface area contributed by atoms with Gasteiger partial charge in [-0.2, -0.15) is 0 Å². The number of nitrogens with one attached hydrogen (secondary N) is 2. The maximum absolute atomic E-state index is 13.6. The zero-order valence-electron chi connectivity index (χ0n) is 9.27. The molecule has 0 spiro atoms. The number of carbonyl (C=O) groups is 1. The van der Waals surface area contributed by atoms with Crippen molar-refractivity contribution in [1.82, 2.24) is 5.32 Å². The average molecular weight is 222 g/mol. The van der Waals surface area contributed by atoms with E-state index in [0.717, 1.165) is 12.1 Å². The fourth-order valence-electron chi connectivity index (χ4n) is 1.85. The molecule has 3 nitrogen and oxygen atoms in total. The van der Waals surface area contributed by atoms with Gasteiger partial charge in [0.2, 0.25) is 5.91 Å². The van der Waals surface area contributed by atoms with Crippen molar-refractivity contribution in [3.05, 3.63) is 29.1 Å². The highest BCUT2D eigenvalue weighted by Crippen LogP contribution is 2.25. The number of fused-ring (bicyclic) bond motifs is 1. The van der Waals surface area contributed by atoms with Gasteiger partial charge in [0.25, 0.3) is 0 Å². The van der Waals surface area contributed by atoms with Crippen LogP contribution in [0.4, 0.5) is 10.1 Å². The molecule has 0 fully saturated rings. The summed E-state index contributed by atoms with van der Waals surface area (Å²) in [4.78, 5) is 11.1. The summed E-state index contributed by atoms with van der Waals surface area (Å²) < 4.78 is 13.6. The lowest BCUT2D eigenvalue weighted by Gasteiger charge is -2.18. The minimum atomic E-state index is -0.262. The molecule has 0 aromatic heterocycles. The van der Waals surface area contributed by atoms with E-state index < -0.39 is 0 Å². The van der Waals surface area contributed by atoms with Gasteiger partial charge in [0, 0.05) is 24.2 Å². The van der Waals surface area contributed by atoms with Crippen LogP contribution in [0.3, 0.4) is 0 Å². The number of hydrogen-bond donors (Lipinski definition) is 2. The van der Waals surface area contributed by atoms with E-state index in [-0.39, 0.29) is 11.7 Å². The van der Waals surface area contributed by atoms with Crippen molar-refractivity contribution in [1.29, 1.82) is 0 Å². The van der Waals surface area contributed by atoms with E-state index in [1.54, 1.807) is 0 Å². The molecule has 4 heteroatoms.